The standard InChI is InChI=1S/C42H41N5O2/c1-27-13-15-31(23-29(27)3)39-25-35(33-9-5-7-11-37(33)44-39)41(48)43-17-18-46-19-21-47(22-20-46)42(49)36-26-40(32-16-14-28(2)30(4)24-32)45-38-12-8-6-10-34(36)38/h5-16,23-26H,17-22H2,1-4H3,(H,43,48). The highest BCUT2D eigenvalue weighted by Crippen LogP contribution is 2.29. The number of aromatic nitrogens is 2. The van der Waals surface area contributed by atoms with Gasteiger partial charge in [0.1, 0.15) is 0 Å². The Hall–Kier alpha value is -5.40. The van der Waals surface area contributed by atoms with Crippen molar-refractivity contribution in [2.45, 2.75) is 27.7 Å². The van der Waals surface area contributed by atoms with Crippen LogP contribution in [0.5, 0.6) is 0 Å². The molecule has 7 nitrogen and oxygen atoms in total. The van der Waals surface area contributed by atoms with Crippen LogP contribution < -0.4 is 5.32 Å². The number of nitrogens with zero attached hydrogens (tertiary/aromatic N) is 4. The predicted molar refractivity (Wildman–Crippen MR) is 198 cm³/mol. The van der Waals surface area contributed by atoms with E-state index >= 15 is 0 Å². The number of aryl methyl sites for hydroxylation is 4. The number of rotatable bonds is 7. The Morgan fingerprint density at radius 1 is 0.612 bits per heavy atom. The molecule has 3 heterocycles. The smallest absolute Gasteiger partial charge is 0.254 e. The molecule has 0 saturated carbocycles. The Morgan fingerprint density at radius 2 is 1.12 bits per heavy atom. The Bertz CT molecular complexity index is 2220. The number of para-hydroxylation sites is 2. The summed E-state index contributed by atoms with van der Waals surface area (Å²) in [5.74, 6) is -0.0811. The van der Waals surface area contributed by atoms with Crippen LogP contribution >= 0.6 is 0 Å². The number of benzene rings is 4. The van der Waals surface area contributed by atoms with Crippen molar-refractivity contribution < 1.29 is 9.59 Å². The summed E-state index contributed by atoms with van der Waals surface area (Å²) in [4.78, 5) is 41.6. The first kappa shape index (κ1) is 32.2. The molecule has 0 aliphatic carbocycles. The van der Waals surface area contributed by atoms with Crippen molar-refractivity contribution in [3.8, 4) is 22.5 Å². The topological polar surface area (TPSA) is 78.4 Å². The maximum absolute atomic E-state index is 14.0. The monoisotopic (exact) mass is 647 g/mol. The second-order valence-corrected chi connectivity index (χ2v) is 13.1. The molecule has 7 rings (SSSR count). The summed E-state index contributed by atoms with van der Waals surface area (Å²) in [6.07, 6.45) is 0. The third-order valence-electron chi connectivity index (χ3n) is 9.89. The zero-order chi connectivity index (χ0) is 34.1. The molecule has 0 atom stereocenters. The van der Waals surface area contributed by atoms with E-state index in [0.717, 1.165) is 57.4 Å². The van der Waals surface area contributed by atoms with Crippen LogP contribution in [-0.2, 0) is 0 Å². The van der Waals surface area contributed by atoms with E-state index < -0.39 is 0 Å². The summed E-state index contributed by atoms with van der Waals surface area (Å²) >= 11 is 0. The molecule has 0 bridgehead atoms. The molecule has 1 aliphatic rings. The summed E-state index contributed by atoms with van der Waals surface area (Å²) < 4.78 is 0. The number of nitrogens with one attached hydrogen (secondary N) is 1. The lowest BCUT2D eigenvalue weighted by molar-refractivity contribution is 0.0640. The highest BCUT2D eigenvalue weighted by molar-refractivity contribution is 6.08. The van der Waals surface area contributed by atoms with E-state index in [1.54, 1.807) is 0 Å². The fourth-order valence-electron chi connectivity index (χ4n) is 6.58. The summed E-state index contributed by atoms with van der Waals surface area (Å²) in [5, 5.41) is 4.86. The molecule has 1 N–H and O–H groups in total. The van der Waals surface area contributed by atoms with Crippen LogP contribution in [0.3, 0.4) is 0 Å². The van der Waals surface area contributed by atoms with Gasteiger partial charge in [-0.3, -0.25) is 14.5 Å². The molecule has 2 aromatic heterocycles. The number of hydrogen-bond donors (Lipinski definition) is 1. The van der Waals surface area contributed by atoms with Gasteiger partial charge in [0.25, 0.3) is 11.8 Å². The van der Waals surface area contributed by atoms with E-state index in [2.05, 4.69) is 74.3 Å². The van der Waals surface area contributed by atoms with Gasteiger partial charge in [0.05, 0.1) is 33.5 Å². The molecule has 1 aliphatic heterocycles. The number of carbonyl (C=O) groups excluding carboxylic acids is 2. The third-order valence-corrected chi connectivity index (χ3v) is 9.89. The molecule has 246 valence electrons. The van der Waals surface area contributed by atoms with Crippen LogP contribution in [0.2, 0.25) is 0 Å². The van der Waals surface area contributed by atoms with Crippen LogP contribution in [0.15, 0.2) is 97.1 Å². The van der Waals surface area contributed by atoms with Crippen molar-refractivity contribution in [1.82, 2.24) is 25.1 Å². The second-order valence-electron chi connectivity index (χ2n) is 13.1. The molecular weight excluding hydrogens is 606 g/mol. The van der Waals surface area contributed by atoms with Gasteiger partial charge in [-0.25, -0.2) is 9.97 Å². The van der Waals surface area contributed by atoms with Crippen molar-refractivity contribution in [1.29, 1.82) is 0 Å². The van der Waals surface area contributed by atoms with Crippen LogP contribution in [0, 0.1) is 27.7 Å². The van der Waals surface area contributed by atoms with Gasteiger partial charge in [0.15, 0.2) is 0 Å². The van der Waals surface area contributed by atoms with E-state index in [1.165, 1.54) is 22.3 Å². The molecule has 1 saturated heterocycles. The van der Waals surface area contributed by atoms with Gasteiger partial charge in [-0.2, -0.15) is 0 Å². The Kier molecular flexibility index (Phi) is 8.93. The SMILES string of the molecule is Cc1ccc(-c2cc(C(=O)NCCN3CCN(C(=O)c4cc(-c5ccc(C)c(C)c5)nc5ccccc45)CC3)c3ccccc3n2)cc1C. The normalized spacial score (nSPS) is 13.6. The number of fused-ring (bicyclic) bond motifs is 2. The van der Waals surface area contributed by atoms with Crippen LogP contribution in [0.4, 0.5) is 0 Å². The quantitative estimate of drug-likeness (QED) is 0.194. The van der Waals surface area contributed by atoms with Gasteiger partial charge in [-0.05, 0) is 86.3 Å². The van der Waals surface area contributed by atoms with Gasteiger partial charge in [-0.15, -0.1) is 0 Å². The number of amides is 2. The van der Waals surface area contributed by atoms with E-state index in [1.807, 2.05) is 65.6 Å². The summed E-state index contributed by atoms with van der Waals surface area (Å²) in [6.45, 7) is 12.3. The zero-order valence-corrected chi connectivity index (χ0v) is 28.6. The van der Waals surface area contributed by atoms with Crippen LogP contribution in [0.25, 0.3) is 44.3 Å². The molecule has 0 unspecified atom stereocenters. The van der Waals surface area contributed by atoms with Crippen LogP contribution in [0.1, 0.15) is 43.0 Å². The molecule has 0 radical (unpaired) electrons. The number of hydrogen-bond acceptors (Lipinski definition) is 5. The molecule has 6 aromatic rings. The van der Waals surface area contributed by atoms with Crippen molar-refractivity contribution in [2.24, 2.45) is 0 Å². The lowest BCUT2D eigenvalue weighted by atomic mass is 10.00. The van der Waals surface area contributed by atoms with E-state index in [-0.39, 0.29) is 11.8 Å². The van der Waals surface area contributed by atoms with Gasteiger partial charge < -0.3 is 10.2 Å². The van der Waals surface area contributed by atoms with E-state index in [4.69, 9.17) is 9.97 Å². The second kappa shape index (κ2) is 13.6. The highest BCUT2D eigenvalue weighted by atomic mass is 16.2. The molecule has 1 fully saturated rings. The van der Waals surface area contributed by atoms with Crippen molar-refractivity contribution in [3.05, 3.63) is 130 Å². The average Bonchev–Trinajstić information content (AvgIpc) is 3.13. The minimum atomic E-state index is -0.110. The largest absolute Gasteiger partial charge is 0.351 e. The van der Waals surface area contributed by atoms with Crippen molar-refractivity contribution in [3.63, 3.8) is 0 Å². The Morgan fingerprint density at radius 3 is 1.67 bits per heavy atom. The first-order valence-electron chi connectivity index (χ1n) is 17.0. The third kappa shape index (κ3) is 6.67. The summed E-state index contributed by atoms with van der Waals surface area (Å²) in [7, 11) is 0. The Labute approximate surface area is 287 Å². The van der Waals surface area contributed by atoms with Crippen molar-refractivity contribution in [2.75, 3.05) is 39.3 Å². The molecule has 7 heteroatoms. The number of carbonyl (C=O) groups is 2. The maximum Gasteiger partial charge on any atom is 0.254 e. The first-order chi connectivity index (χ1) is 23.7. The van der Waals surface area contributed by atoms with Crippen molar-refractivity contribution >= 4 is 33.6 Å². The molecule has 0 spiro atoms. The van der Waals surface area contributed by atoms with Gasteiger partial charge >= 0.3 is 0 Å². The van der Waals surface area contributed by atoms with Gasteiger partial charge in [0.2, 0.25) is 0 Å². The summed E-state index contributed by atoms with van der Waals surface area (Å²) in [6, 6.07) is 32.1. The summed E-state index contributed by atoms with van der Waals surface area (Å²) in [5.41, 5.74) is 11.4. The van der Waals surface area contributed by atoms with Gasteiger partial charge in [-0.1, -0.05) is 60.7 Å². The first-order valence-corrected chi connectivity index (χ1v) is 17.0. The lowest BCUT2D eigenvalue weighted by Gasteiger charge is -2.35. The number of pyridine rings is 2. The minimum Gasteiger partial charge on any atom is -0.351 e. The molecule has 4 aromatic carbocycles. The van der Waals surface area contributed by atoms with E-state index in [0.29, 0.717) is 37.3 Å². The maximum atomic E-state index is 14.0. The predicted octanol–water partition coefficient (Wildman–Crippen LogP) is 7.54. The fourth-order valence-corrected chi connectivity index (χ4v) is 6.58. The van der Waals surface area contributed by atoms with Gasteiger partial charge in [0, 0.05) is 61.2 Å². The molecule has 49 heavy (non-hydrogen) atoms. The highest BCUT2D eigenvalue weighted by Gasteiger charge is 2.25. The minimum absolute atomic E-state index is 0.0285. The van der Waals surface area contributed by atoms with Crippen LogP contribution in [-0.4, -0.2) is 70.9 Å². The lowest BCUT2D eigenvalue weighted by Crippen LogP contribution is -2.50. The zero-order valence-electron chi connectivity index (χ0n) is 28.6. The van der Waals surface area contributed by atoms with E-state index in [9.17, 15) is 9.59 Å². The fraction of sp³-hybridized carbons (Fsp3) is 0.238. The molecular formula is C42H41N5O2. The Balaban J connectivity index is 1.01. The number of piperazine rings is 1. The molecule has 2 amide bonds. The average molecular weight is 648 g/mol.